The van der Waals surface area contributed by atoms with Crippen molar-refractivity contribution in [2.75, 3.05) is 19.8 Å². The van der Waals surface area contributed by atoms with Crippen LogP contribution < -0.4 is 0 Å². The topological polar surface area (TPSA) is 192 Å². The Labute approximate surface area is 467 Å². The van der Waals surface area contributed by atoms with Crippen molar-refractivity contribution in [3.05, 3.63) is 0 Å². The zero-order valence-electron chi connectivity index (χ0n) is 49.6. The Morgan fingerprint density at radius 3 is 0.908 bits per heavy atom. The number of phosphoric acid groups is 1. The zero-order chi connectivity index (χ0) is 55.4. The first-order chi connectivity index (χ1) is 37.0. The van der Waals surface area contributed by atoms with Crippen LogP contribution in [0.2, 0.25) is 0 Å². The van der Waals surface area contributed by atoms with Crippen molar-refractivity contribution in [1.82, 2.24) is 0 Å². The van der Waals surface area contributed by atoms with Gasteiger partial charge in [0.2, 0.25) is 0 Å². The summed E-state index contributed by atoms with van der Waals surface area (Å²) in [6.07, 6.45) is 52.2. The molecule has 1 aliphatic rings. The first kappa shape index (κ1) is 73.4. The number of aliphatic hydroxyl groups is 5. The highest BCUT2D eigenvalue weighted by atomic mass is 31.2. The van der Waals surface area contributed by atoms with Gasteiger partial charge in [-0.25, -0.2) is 4.57 Å². The first-order valence-electron chi connectivity index (χ1n) is 32.9. The van der Waals surface area contributed by atoms with Crippen LogP contribution in [-0.4, -0.2) is 98.9 Å². The Kier molecular flexibility index (Phi) is 51.8. The summed E-state index contributed by atoms with van der Waals surface area (Å²) < 4.78 is 34.4. The smallest absolute Gasteiger partial charge is 0.457 e. The molecule has 0 aliphatic heterocycles. The van der Waals surface area contributed by atoms with E-state index in [4.69, 9.17) is 18.5 Å². The van der Waals surface area contributed by atoms with E-state index in [1.165, 1.54) is 270 Å². The molecule has 0 heterocycles. The van der Waals surface area contributed by atoms with Crippen molar-refractivity contribution in [2.45, 2.75) is 378 Å². The summed E-state index contributed by atoms with van der Waals surface area (Å²) in [6.45, 7) is 4.34. The fraction of sp³-hybridized carbons (Fsp3) is 0.984. The third-order valence-corrected chi connectivity index (χ3v) is 17.0. The molecule has 0 aromatic carbocycles. The SMILES string of the molecule is CCCCCCCCCCCCCCCCCCCCCCCCCCCCCCCCCCCCCC(=O)O[C@H](COCCCCCCCCCCCCCCCC)COP(=O)(O)OC1C(O)C(O)C(O)[C@@H](O)C1O. The lowest BCUT2D eigenvalue weighted by molar-refractivity contribution is -0.220. The van der Waals surface area contributed by atoms with E-state index in [1.54, 1.807) is 0 Å². The minimum atomic E-state index is -5.02. The van der Waals surface area contributed by atoms with E-state index in [0.29, 0.717) is 13.0 Å². The van der Waals surface area contributed by atoms with Crippen molar-refractivity contribution < 1.29 is 58.3 Å². The molecule has 0 amide bonds. The maximum Gasteiger partial charge on any atom is 0.472 e. The molecule has 12 nitrogen and oxygen atoms in total. The minimum absolute atomic E-state index is 0.0673. The van der Waals surface area contributed by atoms with Gasteiger partial charge in [0.1, 0.15) is 42.7 Å². The third kappa shape index (κ3) is 44.1. The van der Waals surface area contributed by atoms with Gasteiger partial charge in [-0.15, -0.1) is 0 Å². The lowest BCUT2D eigenvalue weighted by atomic mass is 9.85. The summed E-state index contributed by atoms with van der Waals surface area (Å²) in [4.78, 5) is 23.3. The van der Waals surface area contributed by atoms with Crippen LogP contribution in [-0.2, 0) is 27.9 Å². The molecule has 76 heavy (non-hydrogen) atoms. The van der Waals surface area contributed by atoms with Crippen LogP contribution in [0.4, 0.5) is 0 Å². The molecule has 0 aromatic heterocycles. The minimum Gasteiger partial charge on any atom is -0.457 e. The summed E-state index contributed by atoms with van der Waals surface area (Å²) in [5.74, 6) is -0.466. The Balaban J connectivity index is 2.10. The number of carbonyl (C=O) groups excluding carboxylic acids is 1. The monoisotopic (exact) mass is 1100 g/mol. The van der Waals surface area contributed by atoms with Gasteiger partial charge in [0, 0.05) is 13.0 Å². The summed E-state index contributed by atoms with van der Waals surface area (Å²) in [7, 11) is -5.02. The summed E-state index contributed by atoms with van der Waals surface area (Å²) in [5, 5.41) is 50.4. The molecule has 13 heteroatoms. The van der Waals surface area contributed by atoms with E-state index in [9.17, 15) is 39.8 Å². The van der Waals surface area contributed by atoms with Gasteiger partial charge in [0.25, 0.3) is 0 Å². The number of hydrogen-bond donors (Lipinski definition) is 6. The molecular weight excluding hydrogens is 980 g/mol. The molecule has 6 N–H and O–H groups in total. The lowest BCUT2D eigenvalue weighted by Gasteiger charge is -2.41. The van der Waals surface area contributed by atoms with Crippen LogP contribution in [0.5, 0.6) is 0 Å². The molecule has 1 aliphatic carbocycles. The van der Waals surface area contributed by atoms with Crippen molar-refractivity contribution >= 4 is 13.8 Å². The summed E-state index contributed by atoms with van der Waals surface area (Å²) in [6, 6.07) is 0. The molecule has 0 aromatic rings. The average Bonchev–Trinajstić information content (AvgIpc) is 3.41. The third-order valence-electron chi connectivity index (χ3n) is 16.0. The number of esters is 1. The summed E-state index contributed by atoms with van der Waals surface area (Å²) >= 11 is 0. The maximum atomic E-state index is 12.9. The summed E-state index contributed by atoms with van der Waals surface area (Å²) in [5.41, 5.74) is 0. The van der Waals surface area contributed by atoms with Crippen LogP contribution in [0, 0.1) is 0 Å². The molecule has 1 fully saturated rings. The van der Waals surface area contributed by atoms with Crippen LogP contribution >= 0.6 is 7.82 Å². The Bertz CT molecular complexity index is 1260. The lowest BCUT2D eigenvalue weighted by Crippen LogP contribution is -2.64. The molecule has 6 unspecified atom stereocenters. The maximum absolute atomic E-state index is 12.9. The fourth-order valence-electron chi connectivity index (χ4n) is 10.8. The van der Waals surface area contributed by atoms with Crippen LogP contribution in [0.1, 0.15) is 335 Å². The average molecular weight is 1110 g/mol. The molecule has 0 radical (unpaired) electrons. The molecule has 8 atom stereocenters. The van der Waals surface area contributed by atoms with Gasteiger partial charge >= 0.3 is 13.8 Å². The number of ether oxygens (including phenoxy) is 2. The molecule has 454 valence electrons. The van der Waals surface area contributed by atoms with Crippen molar-refractivity contribution in [3.63, 3.8) is 0 Å². The predicted molar refractivity (Wildman–Crippen MR) is 314 cm³/mol. The van der Waals surface area contributed by atoms with E-state index < -0.39 is 63.1 Å². The number of aliphatic hydroxyl groups excluding tert-OH is 5. The van der Waals surface area contributed by atoms with E-state index >= 15 is 0 Å². The van der Waals surface area contributed by atoms with E-state index in [0.717, 1.165) is 38.5 Å². The number of carbonyl (C=O) groups is 1. The molecular formula is C63H125O12P. The van der Waals surface area contributed by atoms with Crippen LogP contribution in [0.3, 0.4) is 0 Å². The van der Waals surface area contributed by atoms with Crippen molar-refractivity contribution in [2.24, 2.45) is 0 Å². The number of hydrogen-bond acceptors (Lipinski definition) is 11. The van der Waals surface area contributed by atoms with E-state index in [1.807, 2.05) is 0 Å². The second kappa shape index (κ2) is 53.6. The van der Waals surface area contributed by atoms with E-state index in [2.05, 4.69) is 13.8 Å². The van der Waals surface area contributed by atoms with Gasteiger partial charge in [-0.05, 0) is 12.8 Å². The van der Waals surface area contributed by atoms with Gasteiger partial charge in [0.15, 0.2) is 0 Å². The standard InChI is InChI=1S/C63H125O12P/c1-3-5-7-9-11-13-15-17-19-20-21-22-23-24-25-26-27-28-29-30-31-32-33-34-35-36-37-38-39-40-42-44-46-48-50-52-57(64)74-56(54-72-53-51-49-47-45-43-41-18-16-14-12-10-8-6-4-2)55-73-76(70,71)75-63-61(68)59(66)58(65)60(67)62(63)69/h56,58-63,65-69H,3-55H2,1-2H3,(H,70,71)/t56-,58?,59-,60?,61?,62?,63?/m1/s1. The highest BCUT2D eigenvalue weighted by Gasteiger charge is 2.51. The molecule has 1 rings (SSSR count). The quantitative estimate of drug-likeness (QED) is 0.0192. The van der Waals surface area contributed by atoms with Gasteiger partial charge in [-0.3, -0.25) is 13.8 Å². The number of phosphoric ester groups is 1. The molecule has 0 saturated heterocycles. The number of rotatable bonds is 59. The normalized spacial score (nSPS) is 20.1. The second-order valence-electron chi connectivity index (χ2n) is 23.3. The highest BCUT2D eigenvalue weighted by molar-refractivity contribution is 7.47. The number of unbranched alkanes of at least 4 members (excludes halogenated alkanes) is 47. The first-order valence-corrected chi connectivity index (χ1v) is 34.4. The van der Waals surface area contributed by atoms with Gasteiger partial charge in [-0.2, -0.15) is 0 Å². The molecule has 0 bridgehead atoms. The fourth-order valence-corrected chi connectivity index (χ4v) is 11.8. The molecule has 1 saturated carbocycles. The Morgan fingerprint density at radius 2 is 0.618 bits per heavy atom. The largest absolute Gasteiger partial charge is 0.472 e. The highest BCUT2D eigenvalue weighted by Crippen LogP contribution is 2.47. The Hall–Kier alpha value is -0.660. The van der Waals surface area contributed by atoms with Crippen molar-refractivity contribution in [3.8, 4) is 0 Å². The second-order valence-corrected chi connectivity index (χ2v) is 24.7. The Morgan fingerprint density at radius 1 is 0.368 bits per heavy atom. The van der Waals surface area contributed by atoms with Crippen LogP contribution in [0.15, 0.2) is 0 Å². The molecule has 0 spiro atoms. The van der Waals surface area contributed by atoms with Gasteiger partial charge in [-0.1, -0.05) is 316 Å². The van der Waals surface area contributed by atoms with Crippen LogP contribution in [0.25, 0.3) is 0 Å². The van der Waals surface area contributed by atoms with Crippen molar-refractivity contribution in [1.29, 1.82) is 0 Å². The van der Waals surface area contributed by atoms with E-state index in [-0.39, 0.29) is 13.0 Å². The predicted octanol–water partition coefficient (Wildman–Crippen LogP) is 16.8. The van der Waals surface area contributed by atoms with Gasteiger partial charge in [0.05, 0.1) is 13.2 Å². The zero-order valence-corrected chi connectivity index (χ0v) is 50.5. The van der Waals surface area contributed by atoms with Gasteiger partial charge < -0.3 is 39.9 Å².